The Morgan fingerprint density at radius 2 is 1.83 bits per heavy atom. The van der Waals surface area contributed by atoms with Crippen LogP contribution < -0.4 is 10.1 Å². The maximum absolute atomic E-state index is 12.8. The van der Waals surface area contributed by atoms with E-state index in [1.807, 2.05) is 19.1 Å². The Kier molecular flexibility index (Phi) is 6.79. The van der Waals surface area contributed by atoms with Crippen molar-refractivity contribution in [1.29, 1.82) is 0 Å². The van der Waals surface area contributed by atoms with E-state index in [2.05, 4.69) is 5.32 Å². The Labute approximate surface area is 175 Å². The van der Waals surface area contributed by atoms with Crippen molar-refractivity contribution in [1.82, 2.24) is 4.31 Å². The molecule has 1 atom stereocenters. The zero-order chi connectivity index (χ0) is 21.0. The summed E-state index contributed by atoms with van der Waals surface area (Å²) in [4.78, 5) is 12.6. The van der Waals surface area contributed by atoms with Crippen molar-refractivity contribution < 1.29 is 22.7 Å². The van der Waals surface area contributed by atoms with Crippen LogP contribution in [-0.2, 0) is 19.6 Å². The molecule has 156 valence electrons. The molecule has 0 bridgehead atoms. The van der Waals surface area contributed by atoms with Gasteiger partial charge < -0.3 is 14.8 Å². The van der Waals surface area contributed by atoms with Gasteiger partial charge in [0.25, 0.3) is 5.91 Å². The van der Waals surface area contributed by atoms with Crippen molar-refractivity contribution in [3.8, 4) is 5.75 Å². The van der Waals surface area contributed by atoms with Crippen molar-refractivity contribution >= 4 is 33.2 Å². The maximum Gasteiger partial charge on any atom is 0.265 e. The van der Waals surface area contributed by atoms with Gasteiger partial charge in [-0.15, -0.1) is 0 Å². The fourth-order valence-corrected chi connectivity index (χ4v) is 4.41. The van der Waals surface area contributed by atoms with Crippen LogP contribution in [0.1, 0.15) is 12.5 Å². The minimum Gasteiger partial charge on any atom is -0.481 e. The predicted octanol–water partition coefficient (Wildman–Crippen LogP) is 3.08. The van der Waals surface area contributed by atoms with Gasteiger partial charge in [-0.2, -0.15) is 4.31 Å². The number of carbonyl (C=O) groups is 1. The van der Waals surface area contributed by atoms with Crippen LogP contribution in [0.25, 0.3) is 0 Å². The highest BCUT2D eigenvalue weighted by Crippen LogP contribution is 2.27. The van der Waals surface area contributed by atoms with Gasteiger partial charge in [0, 0.05) is 13.1 Å². The zero-order valence-electron chi connectivity index (χ0n) is 16.2. The largest absolute Gasteiger partial charge is 0.481 e. The highest BCUT2D eigenvalue weighted by molar-refractivity contribution is 7.89. The van der Waals surface area contributed by atoms with E-state index in [-0.39, 0.29) is 28.7 Å². The van der Waals surface area contributed by atoms with Crippen molar-refractivity contribution in [2.75, 3.05) is 31.6 Å². The number of morpholine rings is 1. The second kappa shape index (κ2) is 9.13. The quantitative estimate of drug-likeness (QED) is 0.749. The topological polar surface area (TPSA) is 84.9 Å². The van der Waals surface area contributed by atoms with E-state index in [4.69, 9.17) is 21.1 Å². The Morgan fingerprint density at radius 3 is 2.48 bits per heavy atom. The first-order valence-corrected chi connectivity index (χ1v) is 11.0. The summed E-state index contributed by atoms with van der Waals surface area (Å²) < 4.78 is 37.9. The van der Waals surface area contributed by atoms with Gasteiger partial charge >= 0.3 is 0 Å². The van der Waals surface area contributed by atoms with Crippen molar-refractivity contribution in [2.45, 2.75) is 24.8 Å². The molecule has 1 amide bonds. The number of carbonyl (C=O) groups excluding carboxylic acids is 1. The fraction of sp³-hybridized carbons (Fsp3) is 0.350. The molecule has 29 heavy (non-hydrogen) atoms. The van der Waals surface area contributed by atoms with Gasteiger partial charge in [0.1, 0.15) is 5.75 Å². The highest BCUT2D eigenvalue weighted by atomic mass is 35.5. The predicted molar refractivity (Wildman–Crippen MR) is 111 cm³/mol. The number of hydrogen-bond acceptors (Lipinski definition) is 5. The molecular formula is C20H23ClN2O5S. The molecular weight excluding hydrogens is 416 g/mol. The Bertz CT molecular complexity index is 973. The van der Waals surface area contributed by atoms with Gasteiger partial charge in [0.2, 0.25) is 10.0 Å². The third kappa shape index (κ3) is 5.27. The number of rotatable bonds is 6. The molecule has 2 aromatic carbocycles. The molecule has 1 aliphatic heterocycles. The Morgan fingerprint density at radius 1 is 1.17 bits per heavy atom. The monoisotopic (exact) mass is 438 g/mol. The third-order valence-corrected chi connectivity index (χ3v) is 6.73. The number of amides is 1. The lowest BCUT2D eigenvalue weighted by Gasteiger charge is -2.26. The smallest absolute Gasteiger partial charge is 0.265 e. The van der Waals surface area contributed by atoms with Crippen LogP contribution in [0.3, 0.4) is 0 Å². The van der Waals surface area contributed by atoms with E-state index in [9.17, 15) is 13.2 Å². The summed E-state index contributed by atoms with van der Waals surface area (Å²) in [5.41, 5.74) is 1.30. The van der Waals surface area contributed by atoms with E-state index in [0.29, 0.717) is 19.0 Å². The van der Waals surface area contributed by atoms with Crippen LogP contribution in [0.4, 0.5) is 5.69 Å². The standard InChI is InChI=1S/C20H23ClN2O5S/c1-14-3-5-16(6-4-14)28-15(2)20(24)22-19-13-17(7-8-18(19)21)29(25,26)23-9-11-27-12-10-23/h3-8,13,15H,9-12H2,1-2H3,(H,22,24)/t15-/m0/s1. The van der Waals surface area contributed by atoms with Crippen LogP contribution in [0, 0.1) is 6.92 Å². The van der Waals surface area contributed by atoms with Gasteiger partial charge in [0.15, 0.2) is 6.10 Å². The molecule has 7 nitrogen and oxygen atoms in total. The van der Waals surface area contributed by atoms with Crippen LogP contribution in [0.5, 0.6) is 5.75 Å². The van der Waals surface area contributed by atoms with Crippen LogP contribution in [-0.4, -0.2) is 51.0 Å². The summed E-state index contributed by atoms with van der Waals surface area (Å²) >= 11 is 6.17. The maximum atomic E-state index is 12.8. The molecule has 1 saturated heterocycles. The number of halogens is 1. The number of anilines is 1. The first-order chi connectivity index (χ1) is 13.8. The number of aryl methyl sites for hydroxylation is 1. The minimum atomic E-state index is -3.70. The molecule has 0 aromatic heterocycles. The van der Waals surface area contributed by atoms with Gasteiger partial charge in [0.05, 0.1) is 28.8 Å². The molecule has 0 spiro atoms. The lowest BCUT2D eigenvalue weighted by Crippen LogP contribution is -2.40. The molecule has 0 aliphatic carbocycles. The van der Waals surface area contributed by atoms with E-state index in [0.717, 1.165) is 5.56 Å². The Hall–Kier alpha value is -2.13. The highest BCUT2D eigenvalue weighted by Gasteiger charge is 2.27. The third-order valence-electron chi connectivity index (χ3n) is 4.51. The summed E-state index contributed by atoms with van der Waals surface area (Å²) in [6.45, 7) is 4.84. The van der Waals surface area contributed by atoms with Crippen LogP contribution in [0.2, 0.25) is 5.02 Å². The molecule has 1 N–H and O–H groups in total. The number of hydrogen-bond donors (Lipinski definition) is 1. The number of ether oxygens (including phenoxy) is 2. The van der Waals surface area contributed by atoms with Gasteiger partial charge in [-0.05, 0) is 44.2 Å². The van der Waals surface area contributed by atoms with E-state index < -0.39 is 22.0 Å². The molecule has 3 rings (SSSR count). The summed E-state index contributed by atoms with van der Waals surface area (Å²) in [6, 6.07) is 11.6. The molecule has 1 aliphatic rings. The summed E-state index contributed by atoms with van der Waals surface area (Å²) in [5.74, 6) is 0.126. The van der Waals surface area contributed by atoms with Gasteiger partial charge in [-0.25, -0.2) is 8.42 Å². The lowest BCUT2D eigenvalue weighted by molar-refractivity contribution is -0.122. The van der Waals surface area contributed by atoms with Gasteiger partial charge in [-0.3, -0.25) is 4.79 Å². The van der Waals surface area contributed by atoms with E-state index in [1.54, 1.807) is 19.1 Å². The fourth-order valence-electron chi connectivity index (χ4n) is 2.81. The molecule has 9 heteroatoms. The lowest BCUT2D eigenvalue weighted by atomic mass is 10.2. The molecule has 1 heterocycles. The minimum absolute atomic E-state index is 0.0613. The van der Waals surface area contributed by atoms with Crippen molar-refractivity contribution in [3.63, 3.8) is 0 Å². The van der Waals surface area contributed by atoms with Crippen molar-refractivity contribution in [2.24, 2.45) is 0 Å². The second-order valence-electron chi connectivity index (χ2n) is 6.72. The summed E-state index contributed by atoms with van der Waals surface area (Å²) in [5, 5.41) is 2.89. The molecule has 2 aromatic rings. The second-order valence-corrected chi connectivity index (χ2v) is 9.07. The van der Waals surface area contributed by atoms with E-state index >= 15 is 0 Å². The van der Waals surface area contributed by atoms with Crippen LogP contribution >= 0.6 is 11.6 Å². The Balaban J connectivity index is 1.73. The number of benzene rings is 2. The van der Waals surface area contributed by atoms with Gasteiger partial charge in [-0.1, -0.05) is 29.3 Å². The number of nitrogens with zero attached hydrogens (tertiary/aromatic N) is 1. The SMILES string of the molecule is Cc1ccc(O[C@@H](C)C(=O)Nc2cc(S(=O)(=O)N3CCOCC3)ccc2Cl)cc1. The summed E-state index contributed by atoms with van der Waals surface area (Å²) in [6.07, 6.45) is -0.798. The average molecular weight is 439 g/mol. The molecule has 1 fully saturated rings. The summed E-state index contributed by atoms with van der Waals surface area (Å²) in [7, 11) is -3.70. The first-order valence-electron chi connectivity index (χ1n) is 9.19. The molecule has 0 radical (unpaired) electrons. The number of nitrogens with one attached hydrogen (secondary N) is 1. The zero-order valence-corrected chi connectivity index (χ0v) is 17.8. The normalized spacial score (nSPS) is 16.2. The first kappa shape index (κ1) is 21.6. The average Bonchev–Trinajstić information content (AvgIpc) is 2.71. The van der Waals surface area contributed by atoms with Crippen LogP contribution in [0.15, 0.2) is 47.4 Å². The number of sulfonamides is 1. The van der Waals surface area contributed by atoms with E-state index in [1.165, 1.54) is 22.5 Å². The molecule has 0 unspecified atom stereocenters. The molecule has 0 saturated carbocycles. The van der Waals surface area contributed by atoms with Crippen molar-refractivity contribution in [3.05, 3.63) is 53.1 Å².